The SMILES string of the molecule is CCOC(=O)C(Cc1cn(C)c2ccccc12)NC(=O)C(CCSC)NC(=O)OC(C)(C)C. The summed E-state index contributed by atoms with van der Waals surface area (Å²) < 4.78 is 12.5. The number of nitrogens with zero attached hydrogens (tertiary/aromatic N) is 1. The van der Waals surface area contributed by atoms with Crippen LogP contribution in [0.3, 0.4) is 0 Å². The highest BCUT2D eigenvalue weighted by Gasteiger charge is 2.29. The molecule has 0 aliphatic carbocycles. The molecule has 2 rings (SSSR count). The molecule has 9 heteroatoms. The Labute approximate surface area is 199 Å². The molecule has 0 fully saturated rings. The standard InChI is InChI=1S/C24H35N3O5S/c1-7-31-22(29)19(14-16-15-27(5)20-11-9-8-10-17(16)20)25-21(28)18(12-13-33-6)26-23(30)32-24(2,3)4/h8-11,15,18-19H,7,12-14H2,1-6H3,(H,25,28)(H,26,30). The van der Waals surface area contributed by atoms with Gasteiger partial charge in [-0.25, -0.2) is 9.59 Å². The van der Waals surface area contributed by atoms with Crippen molar-refractivity contribution >= 4 is 40.6 Å². The van der Waals surface area contributed by atoms with Crippen LogP contribution in [-0.4, -0.2) is 58.8 Å². The predicted octanol–water partition coefficient (Wildman–Crippen LogP) is 3.42. The number of carbonyl (C=O) groups excluding carboxylic acids is 3. The number of nitrogens with one attached hydrogen (secondary N) is 2. The molecule has 0 saturated heterocycles. The number of amides is 2. The monoisotopic (exact) mass is 477 g/mol. The summed E-state index contributed by atoms with van der Waals surface area (Å²) in [5, 5.41) is 6.45. The molecule has 0 aliphatic heterocycles. The molecule has 1 aromatic carbocycles. The third-order valence-electron chi connectivity index (χ3n) is 4.91. The number of aromatic nitrogens is 1. The van der Waals surface area contributed by atoms with Gasteiger partial charge in [0.05, 0.1) is 6.61 Å². The van der Waals surface area contributed by atoms with E-state index in [0.717, 1.165) is 16.5 Å². The molecule has 2 N–H and O–H groups in total. The van der Waals surface area contributed by atoms with Crippen LogP contribution in [0.1, 0.15) is 39.7 Å². The summed E-state index contributed by atoms with van der Waals surface area (Å²) in [6.45, 7) is 7.19. The minimum absolute atomic E-state index is 0.201. The molecule has 2 aromatic rings. The molecule has 8 nitrogen and oxygen atoms in total. The van der Waals surface area contributed by atoms with Gasteiger partial charge in [0, 0.05) is 30.6 Å². The van der Waals surface area contributed by atoms with E-state index in [4.69, 9.17) is 9.47 Å². The highest BCUT2D eigenvalue weighted by Crippen LogP contribution is 2.22. The third-order valence-corrected chi connectivity index (χ3v) is 5.55. The van der Waals surface area contributed by atoms with Gasteiger partial charge in [-0.3, -0.25) is 4.79 Å². The number of aryl methyl sites for hydroxylation is 1. The smallest absolute Gasteiger partial charge is 0.408 e. The highest BCUT2D eigenvalue weighted by atomic mass is 32.2. The Bertz CT molecular complexity index is 967. The first-order valence-electron chi connectivity index (χ1n) is 11.0. The number of benzene rings is 1. The number of carbonyl (C=O) groups is 3. The predicted molar refractivity (Wildman–Crippen MR) is 131 cm³/mol. The van der Waals surface area contributed by atoms with Gasteiger partial charge in [-0.2, -0.15) is 11.8 Å². The Hall–Kier alpha value is -2.68. The summed E-state index contributed by atoms with van der Waals surface area (Å²) in [5.41, 5.74) is 1.27. The number of hydrogen-bond acceptors (Lipinski definition) is 6. The molecule has 0 bridgehead atoms. The van der Waals surface area contributed by atoms with Crippen LogP contribution < -0.4 is 10.6 Å². The molecular weight excluding hydrogens is 442 g/mol. The van der Waals surface area contributed by atoms with Gasteiger partial charge in [0.2, 0.25) is 5.91 Å². The van der Waals surface area contributed by atoms with Crippen LogP contribution in [0.5, 0.6) is 0 Å². The Morgan fingerprint density at radius 2 is 1.82 bits per heavy atom. The molecular formula is C24H35N3O5S. The number of hydrogen-bond donors (Lipinski definition) is 2. The lowest BCUT2D eigenvalue weighted by atomic mass is 10.0. The van der Waals surface area contributed by atoms with Crippen molar-refractivity contribution < 1.29 is 23.9 Å². The number of para-hydroxylation sites is 1. The van der Waals surface area contributed by atoms with E-state index < -0.39 is 35.7 Å². The van der Waals surface area contributed by atoms with Crippen molar-refractivity contribution in [1.82, 2.24) is 15.2 Å². The van der Waals surface area contributed by atoms with Crippen LogP contribution in [0.4, 0.5) is 4.79 Å². The maximum absolute atomic E-state index is 13.1. The van der Waals surface area contributed by atoms with Gasteiger partial charge in [0.1, 0.15) is 17.7 Å². The molecule has 2 amide bonds. The Morgan fingerprint density at radius 1 is 1.12 bits per heavy atom. The van der Waals surface area contributed by atoms with E-state index in [-0.39, 0.29) is 13.0 Å². The second-order valence-corrected chi connectivity index (χ2v) is 9.77. The molecule has 182 valence electrons. The molecule has 2 atom stereocenters. The maximum Gasteiger partial charge on any atom is 0.408 e. The van der Waals surface area contributed by atoms with Gasteiger partial charge in [-0.05, 0) is 57.8 Å². The second kappa shape index (κ2) is 12.0. The third kappa shape index (κ3) is 7.99. The zero-order valence-corrected chi connectivity index (χ0v) is 21.1. The summed E-state index contributed by atoms with van der Waals surface area (Å²) in [6, 6.07) is 6.15. The van der Waals surface area contributed by atoms with E-state index in [1.54, 1.807) is 39.5 Å². The van der Waals surface area contributed by atoms with Gasteiger partial charge < -0.3 is 24.7 Å². The maximum atomic E-state index is 13.1. The van der Waals surface area contributed by atoms with Crippen LogP contribution >= 0.6 is 11.8 Å². The number of alkyl carbamates (subject to hydrolysis) is 1. The van der Waals surface area contributed by atoms with Gasteiger partial charge >= 0.3 is 12.1 Å². The van der Waals surface area contributed by atoms with E-state index in [2.05, 4.69) is 10.6 Å². The molecule has 1 heterocycles. The van der Waals surface area contributed by atoms with Crippen LogP contribution in [0, 0.1) is 0 Å². The van der Waals surface area contributed by atoms with Crippen molar-refractivity contribution in [2.75, 3.05) is 18.6 Å². The minimum Gasteiger partial charge on any atom is -0.464 e. The highest BCUT2D eigenvalue weighted by molar-refractivity contribution is 7.98. The first-order valence-corrected chi connectivity index (χ1v) is 12.4. The van der Waals surface area contributed by atoms with Crippen molar-refractivity contribution in [2.45, 2.75) is 58.2 Å². The number of thioether (sulfide) groups is 1. The quantitative estimate of drug-likeness (QED) is 0.509. The number of esters is 1. The van der Waals surface area contributed by atoms with Crippen molar-refractivity contribution in [1.29, 1.82) is 0 Å². The van der Waals surface area contributed by atoms with Crippen molar-refractivity contribution in [3.05, 3.63) is 36.0 Å². The summed E-state index contributed by atoms with van der Waals surface area (Å²) in [4.78, 5) is 38.1. The lowest BCUT2D eigenvalue weighted by Crippen LogP contribution is -2.53. The number of rotatable bonds is 10. The summed E-state index contributed by atoms with van der Waals surface area (Å²) in [7, 11) is 1.94. The Kier molecular flexibility index (Phi) is 9.64. The fraction of sp³-hybridized carbons (Fsp3) is 0.542. The zero-order valence-electron chi connectivity index (χ0n) is 20.3. The topological polar surface area (TPSA) is 98.7 Å². The fourth-order valence-electron chi connectivity index (χ4n) is 3.47. The summed E-state index contributed by atoms with van der Waals surface area (Å²) in [5.74, 6) is -0.311. The molecule has 2 unspecified atom stereocenters. The van der Waals surface area contributed by atoms with Crippen molar-refractivity contribution in [2.24, 2.45) is 7.05 Å². The van der Waals surface area contributed by atoms with Crippen molar-refractivity contribution in [3.63, 3.8) is 0 Å². The first-order chi connectivity index (χ1) is 15.6. The Morgan fingerprint density at radius 3 is 2.45 bits per heavy atom. The summed E-state index contributed by atoms with van der Waals surface area (Å²) >= 11 is 1.56. The van der Waals surface area contributed by atoms with E-state index in [1.165, 1.54) is 0 Å². The first kappa shape index (κ1) is 26.6. The van der Waals surface area contributed by atoms with E-state index in [1.807, 2.05) is 48.3 Å². The van der Waals surface area contributed by atoms with E-state index in [0.29, 0.717) is 12.2 Å². The average Bonchev–Trinajstić information content (AvgIpc) is 3.05. The fourth-order valence-corrected chi connectivity index (χ4v) is 3.94. The lowest BCUT2D eigenvalue weighted by Gasteiger charge is -2.25. The summed E-state index contributed by atoms with van der Waals surface area (Å²) in [6.07, 6.45) is 3.87. The largest absolute Gasteiger partial charge is 0.464 e. The number of ether oxygens (including phenoxy) is 2. The van der Waals surface area contributed by atoms with Crippen LogP contribution in [0.15, 0.2) is 30.5 Å². The molecule has 0 saturated carbocycles. The molecule has 33 heavy (non-hydrogen) atoms. The molecule has 1 aromatic heterocycles. The average molecular weight is 478 g/mol. The van der Waals surface area contributed by atoms with Gasteiger partial charge in [-0.1, -0.05) is 18.2 Å². The normalized spacial score (nSPS) is 13.3. The van der Waals surface area contributed by atoms with Crippen molar-refractivity contribution in [3.8, 4) is 0 Å². The van der Waals surface area contributed by atoms with Crippen LogP contribution in [0.25, 0.3) is 10.9 Å². The van der Waals surface area contributed by atoms with Gasteiger partial charge in [-0.15, -0.1) is 0 Å². The Balaban J connectivity index is 2.22. The zero-order chi connectivity index (χ0) is 24.6. The molecule has 0 aliphatic rings. The van der Waals surface area contributed by atoms with E-state index in [9.17, 15) is 14.4 Å². The number of fused-ring (bicyclic) bond motifs is 1. The minimum atomic E-state index is -0.888. The van der Waals surface area contributed by atoms with Gasteiger partial charge in [0.15, 0.2) is 0 Å². The molecule has 0 spiro atoms. The van der Waals surface area contributed by atoms with Crippen LogP contribution in [-0.2, 0) is 32.5 Å². The second-order valence-electron chi connectivity index (χ2n) is 8.78. The van der Waals surface area contributed by atoms with E-state index >= 15 is 0 Å². The lowest BCUT2D eigenvalue weighted by molar-refractivity contribution is -0.147. The van der Waals surface area contributed by atoms with Crippen LogP contribution in [0.2, 0.25) is 0 Å². The molecule has 0 radical (unpaired) electrons. The van der Waals surface area contributed by atoms with Gasteiger partial charge in [0.25, 0.3) is 0 Å².